The van der Waals surface area contributed by atoms with Crippen molar-refractivity contribution in [3.63, 3.8) is 0 Å². The molecule has 0 saturated heterocycles. The number of aromatic nitrogens is 2. The molecule has 0 radical (unpaired) electrons. The largest absolute Gasteiger partial charge is 0.481 e. The number of rotatable bonds is 3. The molecule has 0 spiro atoms. The zero-order valence-electron chi connectivity index (χ0n) is 11.1. The fourth-order valence-corrected chi connectivity index (χ4v) is 4.16. The molecule has 8 heteroatoms. The lowest BCUT2D eigenvalue weighted by atomic mass is 10.0. The van der Waals surface area contributed by atoms with Crippen LogP contribution in [0.2, 0.25) is 0 Å². The maximum absolute atomic E-state index is 12.7. The van der Waals surface area contributed by atoms with Gasteiger partial charge in [-0.05, 0) is 18.6 Å². The number of aromatic amines is 1. The number of hydrogen-bond acceptors (Lipinski definition) is 4. The number of hydrogen-bond donors (Lipinski definition) is 2. The summed E-state index contributed by atoms with van der Waals surface area (Å²) >= 11 is 0. The second-order valence-electron chi connectivity index (χ2n) is 4.85. The van der Waals surface area contributed by atoms with Crippen molar-refractivity contribution in [1.29, 1.82) is 0 Å². The number of nitrogens with zero attached hydrogens (tertiary/aromatic N) is 2. The molecule has 1 atom stereocenters. The second kappa shape index (κ2) is 4.59. The zero-order chi connectivity index (χ0) is 15.2. The molecule has 2 N–H and O–H groups in total. The van der Waals surface area contributed by atoms with Crippen molar-refractivity contribution in [1.82, 2.24) is 10.2 Å². The van der Waals surface area contributed by atoms with Gasteiger partial charge >= 0.3 is 5.97 Å². The molecule has 1 aromatic carbocycles. The fourth-order valence-electron chi connectivity index (χ4n) is 2.53. The highest BCUT2D eigenvalue weighted by atomic mass is 32.2. The molecule has 1 aliphatic heterocycles. The van der Waals surface area contributed by atoms with Gasteiger partial charge in [0.25, 0.3) is 10.0 Å². The van der Waals surface area contributed by atoms with Gasteiger partial charge in [0.05, 0.1) is 24.1 Å². The third-order valence-corrected chi connectivity index (χ3v) is 5.47. The average Bonchev–Trinajstić information content (AvgIpc) is 3.02. The number of benzene rings is 1. The molecular formula is C13H13N3O4S. The van der Waals surface area contributed by atoms with Gasteiger partial charge in [-0.2, -0.15) is 5.10 Å². The van der Waals surface area contributed by atoms with Crippen LogP contribution in [0.25, 0.3) is 0 Å². The first-order valence-corrected chi connectivity index (χ1v) is 7.71. The Morgan fingerprint density at radius 1 is 1.43 bits per heavy atom. The molecule has 7 nitrogen and oxygen atoms in total. The molecule has 0 fully saturated rings. The van der Waals surface area contributed by atoms with Gasteiger partial charge in [0.15, 0.2) is 0 Å². The molecule has 1 aromatic heterocycles. The predicted octanol–water partition coefficient (Wildman–Crippen LogP) is 1.10. The minimum absolute atomic E-state index is 0.0586. The Labute approximate surface area is 121 Å². The van der Waals surface area contributed by atoms with Crippen molar-refractivity contribution >= 4 is 21.7 Å². The monoisotopic (exact) mass is 307 g/mol. The summed E-state index contributed by atoms with van der Waals surface area (Å²) in [6.07, 6.45) is 1.24. The molecule has 0 aliphatic carbocycles. The second-order valence-corrected chi connectivity index (χ2v) is 6.68. The maximum atomic E-state index is 12.7. The van der Waals surface area contributed by atoms with Gasteiger partial charge < -0.3 is 5.11 Å². The van der Waals surface area contributed by atoms with E-state index >= 15 is 0 Å². The van der Waals surface area contributed by atoms with E-state index < -0.39 is 21.9 Å². The number of aryl methyl sites for hydroxylation is 1. The van der Waals surface area contributed by atoms with E-state index in [2.05, 4.69) is 10.2 Å². The first-order valence-electron chi connectivity index (χ1n) is 6.27. The van der Waals surface area contributed by atoms with Crippen LogP contribution < -0.4 is 4.31 Å². The zero-order valence-corrected chi connectivity index (χ0v) is 12.0. The van der Waals surface area contributed by atoms with Gasteiger partial charge in [-0.1, -0.05) is 18.2 Å². The van der Waals surface area contributed by atoms with Crippen LogP contribution in [-0.2, 0) is 14.8 Å². The normalized spacial score (nSPS) is 17.8. The number of H-pyrrole nitrogens is 1. The summed E-state index contributed by atoms with van der Waals surface area (Å²) in [5, 5.41) is 15.6. The van der Waals surface area contributed by atoms with Gasteiger partial charge in [-0.25, -0.2) is 8.42 Å². The molecular weight excluding hydrogens is 294 g/mol. The smallest absolute Gasteiger partial charge is 0.312 e. The van der Waals surface area contributed by atoms with Gasteiger partial charge in [0, 0.05) is 0 Å². The van der Waals surface area contributed by atoms with Gasteiger partial charge in [0.1, 0.15) is 10.8 Å². The van der Waals surface area contributed by atoms with Crippen molar-refractivity contribution in [2.45, 2.75) is 17.7 Å². The lowest BCUT2D eigenvalue weighted by molar-refractivity contribution is -0.138. The summed E-state index contributed by atoms with van der Waals surface area (Å²) in [5.41, 5.74) is 1.34. The predicted molar refractivity (Wildman–Crippen MR) is 74.7 cm³/mol. The van der Waals surface area contributed by atoms with Crippen LogP contribution in [-0.4, -0.2) is 36.2 Å². The van der Waals surface area contributed by atoms with E-state index in [0.717, 1.165) is 4.31 Å². The molecule has 0 unspecified atom stereocenters. The van der Waals surface area contributed by atoms with E-state index in [0.29, 0.717) is 16.9 Å². The lowest BCUT2D eigenvalue weighted by Crippen LogP contribution is -2.31. The van der Waals surface area contributed by atoms with E-state index in [1.54, 1.807) is 31.2 Å². The number of anilines is 1. The van der Waals surface area contributed by atoms with Crippen molar-refractivity contribution in [3.8, 4) is 0 Å². The van der Waals surface area contributed by atoms with Crippen LogP contribution >= 0.6 is 0 Å². The third kappa shape index (κ3) is 1.99. The average molecular weight is 307 g/mol. The van der Waals surface area contributed by atoms with Crippen LogP contribution in [0.1, 0.15) is 17.2 Å². The molecule has 0 amide bonds. The van der Waals surface area contributed by atoms with Crippen molar-refractivity contribution in [2.24, 2.45) is 0 Å². The molecule has 2 aromatic rings. The Morgan fingerprint density at radius 2 is 2.14 bits per heavy atom. The van der Waals surface area contributed by atoms with Crippen LogP contribution in [0.4, 0.5) is 5.69 Å². The molecule has 3 rings (SSSR count). The number of carbonyl (C=O) groups is 1. The Hall–Kier alpha value is -2.35. The van der Waals surface area contributed by atoms with E-state index in [4.69, 9.17) is 0 Å². The Balaban J connectivity index is 2.13. The highest BCUT2D eigenvalue weighted by Crippen LogP contribution is 2.39. The number of carboxylic acids is 1. The number of nitrogens with one attached hydrogen (secondary N) is 1. The van der Waals surface area contributed by atoms with Crippen LogP contribution in [0, 0.1) is 6.92 Å². The highest BCUT2D eigenvalue weighted by Gasteiger charge is 2.40. The molecule has 21 heavy (non-hydrogen) atoms. The Bertz CT molecular complexity index is 812. The van der Waals surface area contributed by atoms with E-state index in [1.807, 2.05) is 0 Å². The van der Waals surface area contributed by atoms with Crippen molar-refractivity contribution < 1.29 is 18.3 Å². The molecule has 2 heterocycles. The summed E-state index contributed by atoms with van der Waals surface area (Å²) in [6.45, 7) is 1.50. The summed E-state index contributed by atoms with van der Waals surface area (Å²) < 4.78 is 26.6. The first kappa shape index (κ1) is 13.6. The highest BCUT2D eigenvalue weighted by molar-refractivity contribution is 7.93. The minimum atomic E-state index is -3.83. The van der Waals surface area contributed by atoms with Crippen LogP contribution in [0.3, 0.4) is 0 Å². The number of para-hydroxylation sites is 1. The third-order valence-electron chi connectivity index (χ3n) is 3.58. The van der Waals surface area contributed by atoms with Crippen molar-refractivity contribution in [2.75, 3.05) is 10.8 Å². The summed E-state index contributed by atoms with van der Waals surface area (Å²) in [4.78, 5) is 11.4. The molecule has 0 bridgehead atoms. The van der Waals surface area contributed by atoms with Gasteiger partial charge in [-0.15, -0.1) is 0 Å². The molecule has 0 saturated carbocycles. The number of aliphatic carboxylic acids is 1. The molecule has 110 valence electrons. The van der Waals surface area contributed by atoms with E-state index in [9.17, 15) is 18.3 Å². The quantitative estimate of drug-likeness (QED) is 0.883. The number of carboxylic acid groups (broad SMARTS) is 1. The van der Waals surface area contributed by atoms with Crippen LogP contribution in [0.5, 0.6) is 0 Å². The van der Waals surface area contributed by atoms with Crippen molar-refractivity contribution in [3.05, 3.63) is 41.7 Å². The summed E-state index contributed by atoms with van der Waals surface area (Å²) in [5.74, 6) is -1.90. The van der Waals surface area contributed by atoms with E-state index in [1.165, 1.54) is 6.20 Å². The van der Waals surface area contributed by atoms with Gasteiger partial charge in [0.2, 0.25) is 0 Å². The maximum Gasteiger partial charge on any atom is 0.312 e. The summed E-state index contributed by atoms with van der Waals surface area (Å²) in [6, 6.07) is 6.65. The summed E-state index contributed by atoms with van der Waals surface area (Å²) in [7, 11) is -3.83. The topological polar surface area (TPSA) is 103 Å². The number of sulfonamides is 1. The van der Waals surface area contributed by atoms with E-state index in [-0.39, 0.29) is 11.4 Å². The van der Waals surface area contributed by atoms with Crippen LogP contribution in [0.15, 0.2) is 35.4 Å². The SMILES string of the molecule is Cc1[nH]ncc1S(=O)(=O)N1C[C@@H](C(=O)O)c2ccccc21. The number of fused-ring (bicyclic) bond motifs is 1. The standard InChI is InChI=1S/C13H13N3O4S/c1-8-12(6-14-15-8)21(19,20)16-7-10(13(17)18)9-4-2-3-5-11(9)16/h2-6,10H,7H2,1H3,(H,14,15)(H,17,18)/t10-/m1/s1. The lowest BCUT2D eigenvalue weighted by Gasteiger charge is -2.19. The Morgan fingerprint density at radius 3 is 2.76 bits per heavy atom. The van der Waals surface area contributed by atoms with Gasteiger partial charge in [-0.3, -0.25) is 14.2 Å². The Kier molecular flexibility index (Phi) is 2.98. The molecule has 1 aliphatic rings. The fraction of sp³-hybridized carbons (Fsp3) is 0.231. The first-order chi connectivity index (χ1) is 9.93. The minimum Gasteiger partial charge on any atom is -0.481 e.